The van der Waals surface area contributed by atoms with Gasteiger partial charge < -0.3 is 15.4 Å². The molecule has 0 aliphatic carbocycles. The number of ether oxygens (including phenoxy) is 1. The van der Waals surface area contributed by atoms with Crippen molar-refractivity contribution < 1.29 is 9.53 Å². The molecule has 110 valence electrons. The van der Waals surface area contributed by atoms with Crippen molar-refractivity contribution in [3.8, 4) is 0 Å². The van der Waals surface area contributed by atoms with Crippen LogP contribution in [0.4, 0.5) is 0 Å². The van der Waals surface area contributed by atoms with E-state index in [1.165, 1.54) is 5.56 Å². The van der Waals surface area contributed by atoms with Crippen LogP contribution in [0, 0.1) is 0 Å². The maximum Gasteiger partial charge on any atom is 0.251 e. The molecule has 0 radical (unpaired) electrons. The summed E-state index contributed by atoms with van der Waals surface area (Å²) in [4.78, 5) is 12.2. The lowest BCUT2D eigenvalue weighted by molar-refractivity contribution is -0.136. The topological polar surface area (TPSA) is 50.4 Å². The molecule has 1 amide bonds. The van der Waals surface area contributed by atoms with Crippen LogP contribution in [0.3, 0.4) is 0 Å². The molecule has 0 aromatic heterocycles. The maximum absolute atomic E-state index is 12.2. The summed E-state index contributed by atoms with van der Waals surface area (Å²) in [6.07, 6.45) is 0.632. The van der Waals surface area contributed by atoms with Crippen LogP contribution in [0.15, 0.2) is 24.3 Å². The first kappa shape index (κ1) is 15.0. The van der Waals surface area contributed by atoms with Gasteiger partial charge in [-0.3, -0.25) is 4.79 Å². The predicted octanol–water partition coefficient (Wildman–Crippen LogP) is 1.59. The smallest absolute Gasteiger partial charge is 0.251 e. The zero-order valence-electron chi connectivity index (χ0n) is 12.5. The molecule has 0 spiro atoms. The minimum atomic E-state index is -0.399. The summed E-state index contributed by atoms with van der Waals surface area (Å²) in [5, 5.41) is 6.25. The third-order valence-electron chi connectivity index (χ3n) is 3.74. The Labute approximate surface area is 120 Å². The Morgan fingerprint density at radius 2 is 2.10 bits per heavy atom. The van der Waals surface area contributed by atoms with Gasteiger partial charge in [-0.2, -0.15) is 0 Å². The predicted molar refractivity (Wildman–Crippen MR) is 79.6 cm³/mol. The molecule has 0 saturated carbocycles. The fraction of sp³-hybridized carbons (Fsp3) is 0.562. The van der Waals surface area contributed by atoms with Gasteiger partial charge in [-0.15, -0.1) is 0 Å². The Morgan fingerprint density at radius 3 is 2.65 bits per heavy atom. The second-order valence-electron chi connectivity index (χ2n) is 5.73. The van der Waals surface area contributed by atoms with E-state index in [1.807, 2.05) is 13.8 Å². The van der Waals surface area contributed by atoms with E-state index in [-0.39, 0.29) is 5.91 Å². The van der Waals surface area contributed by atoms with Crippen molar-refractivity contribution >= 4 is 5.91 Å². The van der Waals surface area contributed by atoms with Gasteiger partial charge in [0, 0.05) is 13.1 Å². The molecule has 4 nitrogen and oxygen atoms in total. The largest absolute Gasteiger partial charge is 0.366 e. The molecule has 0 bridgehead atoms. The van der Waals surface area contributed by atoms with Gasteiger partial charge in [-0.25, -0.2) is 0 Å². The maximum atomic E-state index is 12.2. The number of morpholine rings is 1. The summed E-state index contributed by atoms with van der Waals surface area (Å²) in [5.41, 5.74) is 2.01. The number of hydrogen-bond acceptors (Lipinski definition) is 3. The van der Waals surface area contributed by atoms with Crippen molar-refractivity contribution in [2.45, 2.75) is 38.8 Å². The molecule has 1 fully saturated rings. The lowest BCUT2D eigenvalue weighted by Gasteiger charge is -2.31. The first-order chi connectivity index (χ1) is 9.53. The summed E-state index contributed by atoms with van der Waals surface area (Å²) >= 11 is 0. The molecule has 1 aromatic rings. The van der Waals surface area contributed by atoms with Gasteiger partial charge in [0.2, 0.25) is 0 Å². The minimum Gasteiger partial charge on any atom is -0.366 e. The van der Waals surface area contributed by atoms with Crippen LogP contribution in [-0.2, 0) is 21.5 Å². The van der Waals surface area contributed by atoms with Gasteiger partial charge in [0.15, 0.2) is 0 Å². The van der Waals surface area contributed by atoms with Crippen molar-refractivity contribution in [1.82, 2.24) is 10.6 Å². The van der Waals surface area contributed by atoms with E-state index >= 15 is 0 Å². The number of carbonyl (C=O) groups excluding carboxylic acids is 1. The molecule has 1 aliphatic heterocycles. The Morgan fingerprint density at radius 1 is 1.40 bits per heavy atom. The summed E-state index contributed by atoms with van der Waals surface area (Å²) < 4.78 is 5.48. The second-order valence-corrected chi connectivity index (χ2v) is 5.73. The van der Waals surface area contributed by atoms with Gasteiger partial charge >= 0.3 is 0 Å². The highest BCUT2D eigenvalue weighted by Crippen LogP contribution is 2.21. The molecule has 1 atom stereocenters. The summed E-state index contributed by atoms with van der Waals surface area (Å²) in [5.74, 6) is -0.0539. The number of carbonyl (C=O) groups is 1. The molecule has 2 rings (SSSR count). The summed E-state index contributed by atoms with van der Waals surface area (Å²) in [6, 6.07) is 8.39. The number of benzene rings is 1. The molecule has 1 aliphatic rings. The van der Waals surface area contributed by atoms with Crippen LogP contribution in [-0.4, -0.2) is 31.7 Å². The van der Waals surface area contributed by atoms with E-state index < -0.39 is 11.6 Å². The highest BCUT2D eigenvalue weighted by Gasteiger charge is 2.28. The molecule has 1 unspecified atom stereocenters. The van der Waals surface area contributed by atoms with Crippen LogP contribution >= 0.6 is 0 Å². The minimum absolute atomic E-state index is 0.0539. The number of rotatable bonds is 4. The van der Waals surface area contributed by atoms with Gasteiger partial charge in [-0.05, 0) is 31.4 Å². The van der Waals surface area contributed by atoms with E-state index in [0.717, 1.165) is 18.5 Å². The van der Waals surface area contributed by atoms with Crippen LogP contribution in [0.25, 0.3) is 0 Å². The van der Waals surface area contributed by atoms with Crippen molar-refractivity contribution in [1.29, 1.82) is 0 Å². The first-order valence-electron chi connectivity index (χ1n) is 7.26. The number of aryl methyl sites for hydroxylation is 1. The van der Waals surface area contributed by atoms with E-state index in [2.05, 4.69) is 41.8 Å². The van der Waals surface area contributed by atoms with Crippen molar-refractivity contribution in [2.75, 3.05) is 19.7 Å². The normalized spacial score (nSPS) is 19.6. The zero-order valence-corrected chi connectivity index (χ0v) is 12.5. The van der Waals surface area contributed by atoms with Gasteiger partial charge in [0.25, 0.3) is 5.91 Å². The van der Waals surface area contributed by atoms with Gasteiger partial charge in [0.05, 0.1) is 12.1 Å². The Balaban J connectivity index is 2.03. The van der Waals surface area contributed by atoms with Crippen molar-refractivity contribution in [3.05, 3.63) is 35.4 Å². The monoisotopic (exact) mass is 276 g/mol. The highest BCUT2D eigenvalue weighted by atomic mass is 16.5. The molecule has 4 heteroatoms. The average Bonchev–Trinajstić information content (AvgIpc) is 2.48. The van der Waals surface area contributed by atoms with E-state index in [4.69, 9.17) is 4.74 Å². The van der Waals surface area contributed by atoms with Crippen molar-refractivity contribution in [3.63, 3.8) is 0 Å². The number of nitrogens with one attached hydrogen (secondary N) is 2. The number of hydrogen-bond donors (Lipinski definition) is 2. The van der Waals surface area contributed by atoms with Crippen LogP contribution in [0.5, 0.6) is 0 Å². The van der Waals surface area contributed by atoms with Gasteiger partial charge in [-0.1, -0.05) is 31.2 Å². The second kappa shape index (κ2) is 6.37. The molecular formula is C16H24N2O2. The molecule has 20 heavy (non-hydrogen) atoms. The SMILES string of the molecule is CCc1ccc(C(C)(C)NC(=O)C2CNCCO2)cc1. The molecular weight excluding hydrogens is 252 g/mol. The first-order valence-corrected chi connectivity index (χ1v) is 7.26. The highest BCUT2D eigenvalue weighted by molar-refractivity contribution is 5.82. The standard InChI is InChI=1S/C16H24N2O2/c1-4-12-5-7-13(8-6-12)16(2,3)18-15(19)14-11-17-9-10-20-14/h5-8,14,17H,4,9-11H2,1-3H3,(H,18,19). The fourth-order valence-electron chi connectivity index (χ4n) is 2.35. The molecule has 1 saturated heterocycles. The Bertz CT molecular complexity index is 448. The Hall–Kier alpha value is -1.39. The van der Waals surface area contributed by atoms with Crippen LogP contribution in [0.2, 0.25) is 0 Å². The van der Waals surface area contributed by atoms with E-state index in [0.29, 0.717) is 13.2 Å². The quantitative estimate of drug-likeness (QED) is 0.878. The zero-order chi connectivity index (χ0) is 14.6. The summed E-state index contributed by atoms with van der Waals surface area (Å²) in [6.45, 7) is 8.14. The lowest BCUT2D eigenvalue weighted by Crippen LogP contribution is -2.52. The molecule has 2 N–H and O–H groups in total. The van der Waals surface area contributed by atoms with E-state index in [9.17, 15) is 4.79 Å². The lowest BCUT2D eigenvalue weighted by atomic mass is 9.92. The Kier molecular flexibility index (Phi) is 4.78. The average molecular weight is 276 g/mol. The third kappa shape index (κ3) is 3.58. The van der Waals surface area contributed by atoms with E-state index in [1.54, 1.807) is 0 Å². The van der Waals surface area contributed by atoms with Crippen LogP contribution in [0.1, 0.15) is 31.9 Å². The molecule has 1 heterocycles. The molecule has 1 aromatic carbocycles. The summed E-state index contributed by atoms with van der Waals surface area (Å²) in [7, 11) is 0. The van der Waals surface area contributed by atoms with Gasteiger partial charge in [0.1, 0.15) is 6.10 Å². The third-order valence-corrected chi connectivity index (χ3v) is 3.74. The van der Waals surface area contributed by atoms with Crippen LogP contribution < -0.4 is 10.6 Å². The number of amides is 1. The fourth-order valence-corrected chi connectivity index (χ4v) is 2.35. The van der Waals surface area contributed by atoms with Crippen molar-refractivity contribution in [2.24, 2.45) is 0 Å².